The molecule has 2 aromatic carbocycles. The molecule has 80 heavy (non-hydrogen) atoms. The SMILES string of the molecule is Cc1ncc(-c2ccc3nc(NC(=O)C4CCN(C5CCN(C(=O)C67CC(C(=O)N[C@H](C(=O)N8C[C@H](O)C[C@H]8C(=O)NCc8ccc(-c9scnc9C)cc8)C(C)(C)C)(C6)C7)CC5)CC4)sc3c2)cc1NC(=O)OC1CCCCC1. The molecule has 4 aliphatic carbocycles. The number of hydrogen-bond acceptors (Lipinski definition) is 14. The number of rotatable bonds is 14. The third-order valence-electron chi connectivity index (χ3n) is 17.9. The van der Waals surface area contributed by atoms with E-state index < -0.39 is 46.4 Å². The molecule has 20 heteroatoms. The molecule has 7 aliphatic rings. The van der Waals surface area contributed by atoms with Crippen molar-refractivity contribution in [2.24, 2.45) is 22.2 Å². The molecule has 6 heterocycles. The number of likely N-dealkylation sites (tertiary alicyclic amines) is 3. The Morgan fingerprint density at radius 3 is 2.20 bits per heavy atom. The number of carbonyl (C=O) groups excluding carboxylic acids is 6. The Morgan fingerprint density at radius 1 is 0.800 bits per heavy atom. The fourth-order valence-electron chi connectivity index (χ4n) is 13.3. The van der Waals surface area contributed by atoms with Crippen LogP contribution in [0.25, 0.3) is 31.8 Å². The molecule has 12 rings (SSSR count). The summed E-state index contributed by atoms with van der Waals surface area (Å²) in [6.07, 6.45) is 10.2. The number of aliphatic hydroxyl groups is 1. The summed E-state index contributed by atoms with van der Waals surface area (Å²) in [4.78, 5) is 103. The van der Waals surface area contributed by atoms with Crippen LogP contribution in [0.2, 0.25) is 0 Å². The van der Waals surface area contributed by atoms with E-state index in [-0.39, 0.29) is 55.2 Å². The van der Waals surface area contributed by atoms with Gasteiger partial charge in [0.1, 0.15) is 18.2 Å². The van der Waals surface area contributed by atoms with E-state index in [2.05, 4.69) is 36.1 Å². The molecule has 6 amide bonds. The number of pyridine rings is 1. The monoisotopic (exact) mass is 1130 g/mol. The van der Waals surface area contributed by atoms with Crippen LogP contribution in [0.1, 0.15) is 121 Å². The van der Waals surface area contributed by atoms with Crippen molar-refractivity contribution in [3.05, 3.63) is 77.2 Å². The minimum atomic E-state index is -0.945. The molecule has 0 spiro atoms. The van der Waals surface area contributed by atoms with E-state index in [4.69, 9.17) is 9.72 Å². The second-order valence-corrected chi connectivity index (χ2v) is 26.5. The zero-order valence-corrected chi connectivity index (χ0v) is 48.1. The van der Waals surface area contributed by atoms with E-state index in [0.29, 0.717) is 54.9 Å². The lowest BCUT2D eigenvalue weighted by Gasteiger charge is -2.68. The predicted molar refractivity (Wildman–Crippen MR) is 307 cm³/mol. The van der Waals surface area contributed by atoms with Gasteiger partial charge in [-0.15, -0.1) is 11.3 Å². The molecule has 0 radical (unpaired) electrons. The number of ether oxygens (including phenoxy) is 1. The minimum Gasteiger partial charge on any atom is -0.446 e. The first kappa shape index (κ1) is 55.6. The number of β-amino-alcohol motifs (C(OH)–C–C–N with tert-alkyl or cyclic N) is 1. The largest absolute Gasteiger partial charge is 0.446 e. The standard InChI is InChI=1S/C60H74N10O8S2/c1-35-46(65-57(77)78-44-9-7-6-8-10-44)25-41(29-61-35)40-15-16-45-48(26-40)80-56(64-45)67-51(72)39-17-21-68(22-18-39)42-19-23-69(24-20-42)55(76)60-31-59(32-60,33-60)54(75)66-50(58(3,4)5)53(74)70-30-43(71)27-47(70)52(73)62-28-37-11-13-38(14-12-37)49-36(2)63-34-79-49/h11-16,25-26,29,34,39,42-44,47,50,71H,6-10,17-24,27-28,30-33H2,1-5H3,(H,62,73)(H,65,77)(H,66,75)(H,64,67,72)/t43-,47+,50-,59?,60?/m1/s1. The molecule has 7 fully saturated rings. The second-order valence-electron chi connectivity index (χ2n) is 24.6. The lowest BCUT2D eigenvalue weighted by atomic mass is 9.34. The van der Waals surface area contributed by atoms with Gasteiger partial charge in [-0.2, -0.15) is 0 Å². The zero-order valence-electron chi connectivity index (χ0n) is 46.5. The zero-order chi connectivity index (χ0) is 56.1. The maximum Gasteiger partial charge on any atom is 0.411 e. The third-order valence-corrected chi connectivity index (χ3v) is 19.8. The van der Waals surface area contributed by atoms with Crippen LogP contribution < -0.4 is 21.3 Å². The summed E-state index contributed by atoms with van der Waals surface area (Å²) in [6, 6.07) is 14.3. The molecule has 3 saturated heterocycles. The lowest BCUT2D eigenvalue weighted by Crippen LogP contribution is -2.74. The number of aromatic nitrogens is 3. The van der Waals surface area contributed by atoms with Gasteiger partial charge in [0.2, 0.25) is 29.5 Å². The van der Waals surface area contributed by atoms with Crippen molar-refractivity contribution in [2.45, 2.75) is 155 Å². The van der Waals surface area contributed by atoms with Gasteiger partial charge in [-0.25, -0.2) is 14.8 Å². The van der Waals surface area contributed by atoms with Crippen molar-refractivity contribution in [2.75, 3.05) is 43.4 Å². The number of fused-ring (bicyclic) bond motifs is 1. The Kier molecular flexibility index (Phi) is 15.6. The van der Waals surface area contributed by atoms with Gasteiger partial charge in [-0.1, -0.05) is 68.9 Å². The van der Waals surface area contributed by atoms with Gasteiger partial charge in [0.05, 0.1) is 54.6 Å². The number of amides is 6. The highest BCUT2D eigenvalue weighted by molar-refractivity contribution is 7.22. The molecule has 4 saturated carbocycles. The first-order valence-corrected chi connectivity index (χ1v) is 30.3. The fourth-order valence-corrected chi connectivity index (χ4v) is 15.0. The first-order valence-electron chi connectivity index (χ1n) is 28.6. The van der Waals surface area contributed by atoms with E-state index in [0.717, 1.165) is 107 Å². The van der Waals surface area contributed by atoms with Crippen LogP contribution in [-0.4, -0.2) is 133 Å². The molecule has 5 aromatic rings. The molecule has 3 aliphatic heterocycles. The van der Waals surface area contributed by atoms with Gasteiger partial charge < -0.3 is 40.5 Å². The van der Waals surface area contributed by atoms with E-state index in [9.17, 15) is 33.9 Å². The van der Waals surface area contributed by atoms with Crippen molar-refractivity contribution in [1.82, 2.24) is 40.3 Å². The first-order chi connectivity index (χ1) is 38.3. The summed E-state index contributed by atoms with van der Waals surface area (Å²) < 4.78 is 6.62. The normalized spacial score (nSPS) is 24.1. The number of aryl methyl sites for hydroxylation is 2. The van der Waals surface area contributed by atoms with Crippen LogP contribution in [0.3, 0.4) is 0 Å². The lowest BCUT2D eigenvalue weighted by molar-refractivity contribution is -0.217. The molecule has 0 unspecified atom stereocenters. The van der Waals surface area contributed by atoms with Gasteiger partial charge in [0.25, 0.3) is 0 Å². The highest BCUT2D eigenvalue weighted by Crippen LogP contribution is 2.74. The van der Waals surface area contributed by atoms with E-state index in [1.807, 2.05) is 93.6 Å². The fraction of sp³-hybridized carbons (Fsp3) is 0.550. The molecular formula is C60H74N10O8S2. The minimum absolute atomic E-state index is 0.0101. The molecule has 3 aromatic heterocycles. The van der Waals surface area contributed by atoms with Gasteiger partial charge in [-0.3, -0.25) is 34.3 Å². The summed E-state index contributed by atoms with van der Waals surface area (Å²) in [5.41, 5.74) is 6.62. The molecular weight excluding hydrogens is 1050 g/mol. The summed E-state index contributed by atoms with van der Waals surface area (Å²) >= 11 is 3.01. The van der Waals surface area contributed by atoms with Crippen LogP contribution in [0.4, 0.5) is 15.6 Å². The van der Waals surface area contributed by atoms with Crippen LogP contribution in [0.15, 0.2) is 60.2 Å². The number of hydrogen-bond donors (Lipinski definition) is 5. The Hall–Kier alpha value is -6.35. The van der Waals surface area contributed by atoms with Gasteiger partial charge in [0.15, 0.2) is 5.13 Å². The Labute approximate surface area is 475 Å². The molecule has 18 nitrogen and oxygen atoms in total. The van der Waals surface area contributed by atoms with Crippen LogP contribution in [0.5, 0.6) is 0 Å². The molecule has 2 bridgehead atoms. The summed E-state index contributed by atoms with van der Waals surface area (Å²) in [5, 5.41) is 23.3. The average Bonchev–Trinajstić information content (AvgIpc) is 3.78. The molecule has 424 valence electrons. The highest BCUT2D eigenvalue weighted by atomic mass is 32.1. The Balaban J connectivity index is 0.617. The summed E-state index contributed by atoms with van der Waals surface area (Å²) in [5.74, 6) is -1.04. The summed E-state index contributed by atoms with van der Waals surface area (Å²) in [6.45, 7) is 12.6. The van der Waals surface area contributed by atoms with Gasteiger partial charge in [0, 0.05) is 56.3 Å². The topological polar surface area (TPSA) is 228 Å². The Morgan fingerprint density at radius 2 is 1.51 bits per heavy atom. The number of nitrogens with one attached hydrogen (secondary N) is 4. The smallest absolute Gasteiger partial charge is 0.411 e. The number of carbonyl (C=O) groups is 6. The van der Waals surface area contributed by atoms with Crippen molar-refractivity contribution in [3.8, 4) is 21.6 Å². The highest BCUT2D eigenvalue weighted by Gasteiger charge is 2.75. The molecule has 5 N–H and O–H groups in total. The number of piperidine rings is 2. The van der Waals surface area contributed by atoms with Crippen molar-refractivity contribution in [3.63, 3.8) is 0 Å². The maximum absolute atomic E-state index is 14.4. The number of aliphatic hydroxyl groups excluding tert-OH is 1. The Bertz CT molecular complexity index is 3150. The number of anilines is 2. The van der Waals surface area contributed by atoms with Crippen LogP contribution in [0, 0.1) is 36.0 Å². The van der Waals surface area contributed by atoms with Crippen molar-refractivity contribution in [1.29, 1.82) is 0 Å². The number of benzene rings is 2. The second kappa shape index (κ2) is 22.5. The average molecular weight is 1130 g/mol. The quantitative estimate of drug-likeness (QED) is 0.0704. The summed E-state index contributed by atoms with van der Waals surface area (Å²) in [7, 11) is 0. The van der Waals surface area contributed by atoms with Crippen molar-refractivity contribution < 1.29 is 38.6 Å². The number of nitrogens with zero attached hydrogens (tertiary/aromatic N) is 6. The van der Waals surface area contributed by atoms with Gasteiger partial charge in [-0.05, 0) is 138 Å². The van der Waals surface area contributed by atoms with Crippen LogP contribution >= 0.6 is 22.7 Å². The predicted octanol–water partition coefficient (Wildman–Crippen LogP) is 8.60. The maximum atomic E-state index is 14.4. The van der Waals surface area contributed by atoms with Crippen LogP contribution in [-0.2, 0) is 35.3 Å². The number of thiazole rings is 2. The van der Waals surface area contributed by atoms with E-state index >= 15 is 0 Å². The van der Waals surface area contributed by atoms with Gasteiger partial charge >= 0.3 is 6.09 Å². The third kappa shape index (κ3) is 11.5. The molecule has 3 atom stereocenters. The van der Waals surface area contributed by atoms with E-state index in [1.54, 1.807) is 17.5 Å². The van der Waals surface area contributed by atoms with Crippen molar-refractivity contribution >= 4 is 79.3 Å². The van der Waals surface area contributed by atoms with E-state index in [1.165, 1.54) is 22.7 Å².